The Hall–Kier alpha value is -2.86. The number of urea groups is 1. The maximum atomic E-state index is 12.9. The number of rotatable bonds is 5. The Bertz CT molecular complexity index is 839. The topological polar surface area (TPSA) is 78.5 Å². The van der Waals surface area contributed by atoms with E-state index in [4.69, 9.17) is 11.6 Å². The van der Waals surface area contributed by atoms with Crippen LogP contribution in [0.2, 0.25) is 5.02 Å². The van der Waals surface area contributed by atoms with E-state index in [9.17, 15) is 14.4 Å². The third-order valence-electron chi connectivity index (χ3n) is 4.40. The van der Waals surface area contributed by atoms with Gasteiger partial charge in [0.1, 0.15) is 12.1 Å². The maximum Gasteiger partial charge on any atom is 0.325 e. The fourth-order valence-electron chi connectivity index (χ4n) is 3.01. The van der Waals surface area contributed by atoms with Crippen molar-refractivity contribution in [2.45, 2.75) is 18.9 Å². The van der Waals surface area contributed by atoms with Crippen LogP contribution in [0.5, 0.6) is 0 Å². The average molecular weight is 372 g/mol. The molecule has 2 aromatic rings. The van der Waals surface area contributed by atoms with Crippen molar-refractivity contribution >= 4 is 35.1 Å². The second-order valence-corrected chi connectivity index (χ2v) is 6.44. The second-order valence-electron chi connectivity index (χ2n) is 6.00. The second kappa shape index (κ2) is 7.17. The van der Waals surface area contributed by atoms with Crippen LogP contribution in [0, 0.1) is 0 Å². The van der Waals surface area contributed by atoms with Gasteiger partial charge in [0.2, 0.25) is 5.91 Å². The number of halogens is 1. The van der Waals surface area contributed by atoms with Crippen molar-refractivity contribution in [3.8, 4) is 0 Å². The molecule has 1 fully saturated rings. The van der Waals surface area contributed by atoms with E-state index in [2.05, 4.69) is 10.6 Å². The van der Waals surface area contributed by atoms with E-state index >= 15 is 0 Å². The first kappa shape index (κ1) is 17.9. The molecule has 1 heterocycles. The minimum absolute atomic E-state index is 0.359. The summed E-state index contributed by atoms with van der Waals surface area (Å²) in [7, 11) is 0. The molecule has 0 aromatic heterocycles. The number of imide groups is 1. The van der Waals surface area contributed by atoms with Gasteiger partial charge in [-0.05, 0) is 36.2 Å². The highest BCUT2D eigenvalue weighted by molar-refractivity contribution is 6.30. The number of nitrogens with zero attached hydrogens (tertiary/aromatic N) is 1. The van der Waals surface area contributed by atoms with Gasteiger partial charge in [0.15, 0.2) is 0 Å². The van der Waals surface area contributed by atoms with Crippen molar-refractivity contribution < 1.29 is 14.4 Å². The van der Waals surface area contributed by atoms with Crippen molar-refractivity contribution in [2.75, 3.05) is 11.9 Å². The fraction of sp³-hybridized carbons (Fsp3) is 0.211. The summed E-state index contributed by atoms with van der Waals surface area (Å²) in [6.07, 6.45) is 0.386. The van der Waals surface area contributed by atoms with Crippen LogP contribution >= 0.6 is 11.6 Å². The van der Waals surface area contributed by atoms with Crippen LogP contribution in [0.1, 0.15) is 18.9 Å². The molecule has 1 saturated heterocycles. The highest BCUT2D eigenvalue weighted by Gasteiger charge is 2.51. The molecule has 134 valence electrons. The summed E-state index contributed by atoms with van der Waals surface area (Å²) in [5.41, 5.74) is 0.0940. The summed E-state index contributed by atoms with van der Waals surface area (Å²) >= 11 is 5.81. The summed E-state index contributed by atoms with van der Waals surface area (Å²) in [6.45, 7) is 1.46. The quantitative estimate of drug-likeness (QED) is 0.792. The lowest BCUT2D eigenvalue weighted by atomic mass is 9.87. The van der Waals surface area contributed by atoms with Crippen molar-refractivity contribution in [3.63, 3.8) is 0 Å². The molecule has 2 aromatic carbocycles. The standard InChI is InChI=1S/C19H18ClN3O3/c1-2-19(13-6-4-3-5-7-13)17(25)23(18(26)22-19)12-16(24)21-15-10-8-14(20)9-11-15/h3-11H,2,12H2,1H3,(H,21,24)(H,22,26). The van der Waals surface area contributed by atoms with Crippen LogP contribution in [0.15, 0.2) is 54.6 Å². The molecular formula is C19H18ClN3O3. The molecule has 0 spiro atoms. The van der Waals surface area contributed by atoms with E-state index in [0.717, 1.165) is 4.90 Å². The number of amides is 4. The highest BCUT2D eigenvalue weighted by Crippen LogP contribution is 2.32. The molecule has 1 unspecified atom stereocenters. The first-order chi connectivity index (χ1) is 12.5. The van der Waals surface area contributed by atoms with Gasteiger partial charge in [0.05, 0.1) is 0 Å². The zero-order valence-electron chi connectivity index (χ0n) is 14.2. The molecule has 0 saturated carbocycles. The van der Waals surface area contributed by atoms with Gasteiger partial charge in [-0.15, -0.1) is 0 Å². The van der Waals surface area contributed by atoms with Crippen molar-refractivity contribution in [3.05, 3.63) is 65.2 Å². The van der Waals surface area contributed by atoms with Crippen LogP contribution < -0.4 is 10.6 Å². The molecule has 1 aliphatic rings. The molecule has 0 radical (unpaired) electrons. The Morgan fingerprint density at radius 3 is 2.38 bits per heavy atom. The average Bonchev–Trinajstić information content (AvgIpc) is 2.89. The van der Waals surface area contributed by atoms with Crippen LogP contribution in [-0.2, 0) is 15.1 Å². The number of carbonyl (C=O) groups is 3. The van der Waals surface area contributed by atoms with Gasteiger partial charge in [-0.3, -0.25) is 14.5 Å². The van der Waals surface area contributed by atoms with E-state index in [1.807, 2.05) is 25.1 Å². The Morgan fingerprint density at radius 1 is 1.12 bits per heavy atom. The molecule has 0 aliphatic carbocycles. The first-order valence-corrected chi connectivity index (χ1v) is 8.59. The molecule has 4 amide bonds. The van der Waals surface area contributed by atoms with E-state index in [1.165, 1.54) is 0 Å². The minimum Gasteiger partial charge on any atom is -0.325 e. The molecule has 26 heavy (non-hydrogen) atoms. The molecule has 1 atom stereocenters. The Labute approximate surface area is 156 Å². The number of carbonyl (C=O) groups excluding carboxylic acids is 3. The van der Waals surface area contributed by atoms with Gasteiger partial charge in [-0.1, -0.05) is 48.9 Å². The molecule has 3 rings (SSSR count). The number of anilines is 1. The van der Waals surface area contributed by atoms with E-state index in [0.29, 0.717) is 22.7 Å². The predicted molar refractivity (Wildman–Crippen MR) is 98.7 cm³/mol. The normalized spacial score (nSPS) is 19.4. The van der Waals surface area contributed by atoms with Gasteiger partial charge in [0.25, 0.3) is 5.91 Å². The summed E-state index contributed by atoms with van der Waals surface area (Å²) in [5.74, 6) is -0.891. The molecule has 0 bridgehead atoms. The zero-order chi connectivity index (χ0) is 18.7. The molecule has 2 N–H and O–H groups in total. The molecule has 1 aliphatic heterocycles. The molecule has 6 nitrogen and oxygen atoms in total. The summed E-state index contributed by atoms with van der Waals surface area (Å²) < 4.78 is 0. The number of hydrogen-bond acceptors (Lipinski definition) is 3. The SMILES string of the molecule is CCC1(c2ccccc2)NC(=O)N(CC(=O)Nc2ccc(Cl)cc2)C1=O. The van der Waals surface area contributed by atoms with Gasteiger partial charge >= 0.3 is 6.03 Å². The van der Waals surface area contributed by atoms with Crippen molar-refractivity contribution in [2.24, 2.45) is 0 Å². The largest absolute Gasteiger partial charge is 0.325 e. The van der Waals surface area contributed by atoms with Gasteiger partial charge in [0, 0.05) is 10.7 Å². The Morgan fingerprint density at radius 2 is 1.77 bits per heavy atom. The van der Waals surface area contributed by atoms with E-state index in [1.54, 1.807) is 36.4 Å². The number of benzene rings is 2. The fourth-order valence-corrected chi connectivity index (χ4v) is 3.14. The minimum atomic E-state index is -1.14. The van der Waals surface area contributed by atoms with Gasteiger partial charge < -0.3 is 10.6 Å². The lowest BCUT2D eigenvalue weighted by Gasteiger charge is -2.25. The zero-order valence-corrected chi connectivity index (χ0v) is 14.9. The number of nitrogens with one attached hydrogen (secondary N) is 2. The lowest BCUT2D eigenvalue weighted by molar-refractivity contribution is -0.134. The third kappa shape index (κ3) is 3.28. The van der Waals surface area contributed by atoms with Crippen molar-refractivity contribution in [1.82, 2.24) is 10.2 Å². The van der Waals surface area contributed by atoms with E-state index < -0.39 is 23.4 Å². The van der Waals surface area contributed by atoms with Crippen LogP contribution in [-0.4, -0.2) is 29.3 Å². The van der Waals surface area contributed by atoms with Crippen LogP contribution in [0.3, 0.4) is 0 Å². The molecular weight excluding hydrogens is 354 g/mol. The maximum absolute atomic E-state index is 12.9. The summed E-state index contributed by atoms with van der Waals surface area (Å²) in [6, 6.07) is 15.0. The van der Waals surface area contributed by atoms with Gasteiger partial charge in [-0.25, -0.2) is 4.79 Å². The highest BCUT2D eigenvalue weighted by atomic mass is 35.5. The number of hydrogen-bond donors (Lipinski definition) is 2. The smallest absolute Gasteiger partial charge is 0.325 e. The first-order valence-electron chi connectivity index (χ1n) is 8.21. The summed E-state index contributed by atoms with van der Waals surface area (Å²) in [5, 5.41) is 5.95. The predicted octanol–water partition coefficient (Wildman–Crippen LogP) is 3.14. The summed E-state index contributed by atoms with van der Waals surface area (Å²) in [4.78, 5) is 38.5. The Kier molecular flexibility index (Phi) is 4.95. The Balaban J connectivity index is 1.76. The van der Waals surface area contributed by atoms with Gasteiger partial charge in [-0.2, -0.15) is 0 Å². The molecule has 7 heteroatoms. The van der Waals surface area contributed by atoms with Crippen LogP contribution in [0.25, 0.3) is 0 Å². The van der Waals surface area contributed by atoms with Crippen molar-refractivity contribution in [1.29, 1.82) is 0 Å². The van der Waals surface area contributed by atoms with E-state index in [-0.39, 0.29) is 6.54 Å². The lowest BCUT2D eigenvalue weighted by Crippen LogP contribution is -2.44. The van der Waals surface area contributed by atoms with Crippen LogP contribution in [0.4, 0.5) is 10.5 Å². The third-order valence-corrected chi connectivity index (χ3v) is 4.65. The monoisotopic (exact) mass is 371 g/mol.